The summed E-state index contributed by atoms with van der Waals surface area (Å²) in [6, 6.07) is 0. The predicted molar refractivity (Wildman–Crippen MR) is 60.4 cm³/mol. The second-order valence-corrected chi connectivity index (χ2v) is 5.44. The molecule has 2 heterocycles. The first-order valence-corrected chi connectivity index (χ1v) is 5.67. The highest BCUT2D eigenvalue weighted by Gasteiger charge is 2.33. The molecule has 0 bridgehead atoms. The Morgan fingerprint density at radius 3 is 2.50 bits per heavy atom. The van der Waals surface area contributed by atoms with Crippen LogP contribution in [0, 0.1) is 5.41 Å². The van der Waals surface area contributed by atoms with Crippen molar-refractivity contribution in [2.45, 2.75) is 27.2 Å². The van der Waals surface area contributed by atoms with Crippen molar-refractivity contribution in [3.63, 3.8) is 0 Å². The van der Waals surface area contributed by atoms with Gasteiger partial charge in [0.25, 0.3) is 0 Å². The molecule has 1 N–H and O–H groups in total. The summed E-state index contributed by atoms with van der Waals surface area (Å²) in [6.07, 6.45) is 1.27. The zero-order valence-electron chi connectivity index (χ0n) is 9.69. The van der Waals surface area contributed by atoms with E-state index in [9.17, 15) is 0 Å². The van der Waals surface area contributed by atoms with Crippen molar-refractivity contribution >= 4 is 0 Å². The SMILES string of the molecule is CC1=C(C)CN(CC2(C)CNC2)CC1. The molecular weight excluding hydrogens is 172 g/mol. The van der Waals surface area contributed by atoms with Crippen LogP contribution in [0.2, 0.25) is 0 Å². The van der Waals surface area contributed by atoms with E-state index in [-0.39, 0.29) is 0 Å². The zero-order valence-corrected chi connectivity index (χ0v) is 9.69. The van der Waals surface area contributed by atoms with E-state index in [0.29, 0.717) is 5.41 Å². The fourth-order valence-electron chi connectivity index (χ4n) is 2.43. The Balaban J connectivity index is 1.89. The molecule has 2 heteroatoms. The lowest BCUT2D eigenvalue weighted by Crippen LogP contribution is -2.57. The molecule has 0 aromatic rings. The molecule has 14 heavy (non-hydrogen) atoms. The van der Waals surface area contributed by atoms with Crippen LogP contribution >= 0.6 is 0 Å². The molecule has 0 amide bonds. The highest BCUT2D eigenvalue weighted by Crippen LogP contribution is 2.25. The number of hydrogen-bond acceptors (Lipinski definition) is 2. The van der Waals surface area contributed by atoms with Gasteiger partial charge in [-0.2, -0.15) is 0 Å². The Morgan fingerprint density at radius 2 is 2.00 bits per heavy atom. The van der Waals surface area contributed by atoms with Crippen LogP contribution in [0.5, 0.6) is 0 Å². The average Bonchev–Trinajstić information content (AvgIpc) is 2.09. The van der Waals surface area contributed by atoms with Gasteiger partial charge in [0.1, 0.15) is 0 Å². The lowest BCUT2D eigenvalue weighted by Gasteiger charge is -2.44. The van der Waals surface area contributed by atoms with Crippen molar-refractivity contribution in [3.8, 4) is 0 Å². The van der Waals surface area contributed by atoms with Gasteiger partial charge in [-0.15, -0.1) is 0 Å². The first kappa shape index (κ1) is 10.2. The molecule has 0 saturated carbocycles. The van der Waals surface area contributed by atoms with Crippen molar-refractivity contribution in [2.24, 2.45) is 5.41 Å². The predicted octanol–water partition coefficient (Wildman–Crippen LogP) is 1.64. The molecule has 0 spiro atoms. The summed E-state index contributed by atoms with van der Waals surface area (Å²) in [7, 11) is 0. The van der Waals surface area contributed by atoms with Gasteiger partial charge in [0.15, 0.2) is 0 Å². The minimum Gasteiger partial charge on any atom is -0.315 e. The summed E-state index contributed by atoms with van der Waals surface area (Å²) in [4.78, 5) is 2.61. The normalized spacial score (nSPS) is 27.6. The number of hydrogen-bond donors (Lipinski definition) is 1. The molecule has 1 saturated heterocycles. The van der Waals surface area contributed by atoms with Crippen LogP contribution in [0.4, 0.5) is 0 Å². The third-order valence-electron chi connectivity index (χ3n) is 3.70. The summed E-state index contributed by atoms with van der Waals surface area (Å²) in [5.41, 5.74) is 3.75. The molecule has 2 aliphatic rings. The van der Waals surface area contributed by atoms with E-state index in [1.54, 1.807) is 11.1 Å². The summed E-state index contributed by atoms with van der Waals surface area (Å²) in [6.45, 7) is 13.1. The Kier molecular flexibility index (Phi) is 2.67. The molecule has 0 aromatic heterocycles. The Labute approximate surface area is 87.4 Å². The fraction of sp³-hybridized carbons (Fsp3) is 0.833. The van der Waals surface area contributed by atoms with Crippen molar-refractivity contribution in [2.75, 3.05) is 32.7 Å². The molecule has 0 unspecified atom stereocenters. The summed E-state index contributed by atoms with van der Waals surface area (Å²) >= 11 is 0. The molecule has 0 aromatic carbocycles. The highest BCUT2D eigenvalue weighted by molar-refractivity contribution is 5.15. The first-order chi connectivity index (χ1) is 6.59. The smallest absolute Gasteiger partial charge is 0.0193 e. The minimum absolute atomic E-state index is 0.547. The zero-order chi connectivity index (χ0) is 10.2. The Bertz CT molecular complexity index is 251. The third-order valence-corrected chi connectivity index (χ3v) is 3.70. The molecule has 0 aliphatic carbocycles. The van der Waals surface area contributed by atoms with Crippen molar-refractivity contribution in [1.29, 1.82) is 0 Å². The summed E-state index contributed by atoms with van der Waals surface area (Å²) in [5, 5.41) is 3.37. The van der Waals surface area contributed by atoms with Gasteiger partial charge in [-0.25, -0.2) is 0 Å². The fourth-order valence-corrected chi connectivity index (χ4v) is 2.43. The molecule has 0 radical (unpaired) electrons. The van der Waals surface area contributed by atoms with E-state index < -0.39 is 0 Å². The van der Waals surface area contributed by atoms with Crippen molar-refractivity contribution < 1.29 is 0 Å². The van der Waals surface area contributed by atoms with E-state index in [1.807, 2.05) is 0 Å². The summed E-state index contributed by atoms with van der Waals surface area (Å²) < 4.78 is 0. The van der Waals surface area contributed by atoms with Gasteiger partial charge < -0.3 is 5.32 Å². The van der Waals surface area contributed by atoms with Gasteiger partial charge in [-0.3, -0.25) is 4.90 Å². The van der Waals surface area contributed by atoms with Gasteiger partial charge in [0, 0.05) is 38.1 Å². The second-order valence-electron chi connectivity index (χ2n) is 5.44. The highest BCUT2D eigenvalue weighted by atomic mass is 15.2. The lowest BCUT2D eigenvalue weighted by atomic mass is 9.83. The van der Waals surface area contributed by atoms with Crippen LogP contribution in [0.25, 0.3) is 0 Å². The van der Waals surface area contributed by atoms with Crippen molar-refractivity contribution in [1.82, 2.24) is 10.2 Å². The van der Waals surface area contributed by atoms with Gasteiger partial charge in [0.05, 0.1) is 0 Å². The van der Waals surface area contributed by atoms with E-state index in [0.717, 1.165) is 0 Å². The van der Waals surface area contributed by atoms with E-state index in [2.05, 4.69) is 31.0 Å². The van der Waals surface area contributed by atoms with E-state index in [1.165, 1.54) is 39.1 Å². The molecule has 2 nitrogen and oxygen atoms in total. The topological polar surface area (TPSA) is 15.3 Å². The molecule has 80 valence electrons. The largest absolute Gasteiger partial charge is 0.315 e. The van der Waals surface area contributed by atoms with Crippen LogP contribution in [0.3, 0.4) is 0 Å². The van der Waals surface area contributed by atoms with E-state index >= 15 is 0 Å². The van der Waals surface area contributed by atoms with Gasteiger partial charge in [0.2, 0.25) is 0 Å². The number of nitrogens with one attached hydrogen (secondary N) is 1. The molecular formula is C12H22N2. The first-order valence-electron chi connectivity index (χ1n) is 5.67. The van der Waals surface area contributed by atoms with E-state index in [4.69, 9.17) is 0 Å². The molecule has 1 fully saturated rings. The number of nitrogens with zero attached hydrogens (tertiary/aromatic N) is 1. The Hall–Kier alpha value is -0.340. The van der Waals surface area contributed by atoms with Crippen molar-refractivity contribution in [3.05, 3.63) is 11.1 Å². The Morgan fingerprint density at radius 1 is 1.29 bits per heavy atom. The molecule has 2 aliphatic heterocycles. The number of rotatable bonds is 2. The van der Waals surface area contributed by atoms with Crippen LogP contribution in [-0.4, -0.2) is 37.6 Å². The van der Waals surface area contributed by atoms with Gasteiger partial charge >= 0.3 is 0 Å². The molecule has 0 atom stereocenters. The van der Waals surface area contributed by atoms with Crippen LogP contribution in [-0.2, 0) is 0 Å². The standard InChI is InChI=1S/C12H22N2/c1-10-4-5-14(6-11(10)2)9-12(3)7-13-8-12/h13H,4-9H2,1-3H3. The third kappa shape index (κ3) is 2.01. The maximum absolute atomic E-state index is 3.37. The average molecular weight is 194 g/mol. The molecule has 2 rings (SSSR count). The monoisotopic (exact) mass is 194 g/mol. The minimum atomic E-state index is 0.547. The van der Waals surface area contributed by atoms with Gasteiger partial charge in [-0.05, 0) is 20.3 Å². The maximum atomic E-state index is 3.37. The summed E-state index contributed by atoms with van der Waals surface area (Å²) in [5.74, 6) is 0. The quantitative estimate of drug-likeness (QED) is 0.672. The van der Waals surface area contributed by atoms with Crippen LogP contribution in [0.1, 0.15) is 27.2 Å². The lowest BCUT2D eigenvalue weighted by molar-refractivity contribution is 0.111. The van der Waals surface area contributed by atoms with Gasteiger partial charge in [-0.1, -0.05) is 18.1 Å². The second kappa shape index (κ2) is 3.67. The van der Waals surface area contributed by atoms with Crippen LogP contribution < -0.4 is 5.32 Å². The van der Waals surface area contributed by atoms with Crippen LogP contribution in [0.15, 0.2) is 11.1 Å². The maximum Gasteiger partial charge on any atom is 0.0193 e.